The second-order valence-corrected chi connectivity index (χ2v) is 6.59. The number of carbonyl (C=O) groups excluding carboxylic acids is 1. The van der Waals surface area contributed by atoms with Gasteiger partial charge in [0.05, 0.1) is 0 Å². The van der Waals surface area contributed by atoms with E-state index in [1.807, 2.05) is 33.2 Å². The monoisotopic (exact) mass is 361 g/mol. The third-order valence-electron chi connectivity index (χ3n) is 3.59. The number of carbonyl (C=O) groups is 1. The third-order valence-corrected chi connectivity index (χ3v) is 4.00. The van der Waals surface area contributed by atoms with E-state index in [2.05, 4.69) is 25.5 Å². The minimum absolute atomic E-state index is 0.290. The standard InChI is InChI=1S/C18H24ClN5O/c1-12-6-7-14(10-15(12)19)23-18(25)16-11-17(22-13(2)21-16)20-8-5-9-24(3)4/h6-7,10-11H,5,8-9H2,1-4H3,(H,23,25)(H,20,21,22). The number of aromatic nitrogens is 2. The van der Waals surface area contributed by atoms with E-state index in [0.717, 1.165) is 25.1 Å². The van der Waals surface area contributed by atoms with Crippen LogP contribution in [-0.4, -0.2) is 48.0 Å². The lowest BCUT2D eigenvalue weighted by atomic mass is 10.2. The zero-order chi connectivity index (χ0) is 18.4. The molecule has 6 nitrogen and oxygen atoms in total. The van der Waals surface area contributed by atoms with E-state index < -0.39 is 0 Å². The first-order valence-electron chi connectivity index (χ1n) is 8.17. The van der Waals surface area contributed by atoms with Crippen molar-refractivity contribution in [2.24, 2.45) is 0 Å². The van der Waals surface area contributed by atoms with Gasteiger partial charge in [-0.15, -0.1) is 0 Å². The fourth-order valence-electron chi connectivity index (χ4n) is 2.25. The fraction of sp³-hybridized carbons (Fsp3) is 0.389. The normalized spacial score (nSPS) is 10.8. The average molecular weight is 362 g/mol. The quantitative estimate of drug-likeness (QED) is 0.740. The molecule has 0 aliphatic rings. The van der Waals surface area contributed by atoms with Gasteiger partial charge in [0.25, 0.3) is 5.91 Å². The molecule has 0 spiro atoms. The van der Waals surface area contributed by atoms with E-state index in [1.165, 1.54) is 0 Å². The number of anilines is 2. The Balaban J connectivity index is 2.04. The molecule has 1 heterocycles. The molecular formula is C18H24ClN5O. The molecular weight excluding hydrogens is 338 g/mol. The van der Waals surface area contributed by atoms with Gasteiger partial charge in [-0.3, -0.25) is 4.79 Å². The van der Waals surface area contributed by atoms with Crippen LogP contribution in [0.3, 0.4) is 0 Å². The van der Waals surface area contributed by atoms with E-state index >= 15 is 0 Å². The van der Waals surface area contributed by atoms with Gasteiger partial charge in [-0.1, -0.05) is 17.7 Å². The highest BCUT2D eigenvalue weighted by molar-refractivity contribution is 6.31. The molecule has 134 valence electrons. The molecule has 1 aromatic heterocycles. The molecule has 2 rings (SSSR count). The zero-order valence-corrected chi connectivity index (χ0v) is 15.8. The SMILES string of the molecule is Cc1nc(NCCCN(C)C)cc(C(=O)Nc2ccc(C)c(Cl)c2)n1. The van der Waals surface area contributed by atoms with Crippen molar-refractivity contribution in [2.45, 2.75) is 20.3 Å². The third kappa shape index (κ3) is 5.99. The van der Waals surface area contributed by atoms with Crippen molar-refractivity contribution in [1.29, 1.82) is 0 Å². The summed E-state index contributed by atoms with van der Waals surface area (Å²) in [4.78, 5) is 23.1. The molecule has 0 unspecified atom stereocenters. The van der Waals surface area contributed by atoms with E-state index in [4.69, 9.17) is 11.6 Å². The van der Waals surface area contributed by atoms with Crippen molar-refractivity contribution in [2.75, 3.05) is 37.8 Å². The number of rotatable bonds is 7. The first-order chi connectivity index (χ1) is 11.8. The van der Waals surface area contributed by atoms with Gasteiger partial charge in [-0.05, 0) is 58.6 Å². The summed E-state index contributed by atoms with van der Waals surface area (Å²) >= 11 is 6.10. The fourth-order valence-corrected chi connectivity index (χ4v) is 2.43. The summed E-state index contributed by atoms with van der Waals surface area (Å²) in [5, 5.41) is 6.66. The summed E-state index contributed by atoms with van der Waals surface area (Å²) in [5.74, 6) is 0.907. The summed E-state index contributed by atoms with van der Waals surface area (Å²) in [6.45, 7) is 5.45. The van der Waals surface area contributed by atoms with E-state index in [9.17, 15) is 4.79 Å². The van der Waals surface area contributed by atoms with Gasteiger partial charge in [0.15, 0.2) is 0 Å². The molecule has 0 saturated heterocycles. The highest BCUT2D eigenvalue weighted by Gasteiger charge is 2.11. The highest BCUT2D eigenvalue weighted by atomic mass is 35.5. The number of halogens is 1. The van der Waals surface area contributed by atoms with Crippen LogP contribution in [0.2, 0.25) is 5.02 Å². The van der Waals surface area contributed by atoms with Crippen molar-refractivity contribution in [3.8, 4) is 0 Å². The molecule has 0 atom stereocenters. The van der Waals surface area contributed by atoms with Crippen molar-refractivity contribution < 1.29 is 4.79 Å². The second kappa shape index (κ2) is 8.78. The summed E-state index contributed by atoms with van der Waals surface area (Å²) in [6.07, 6.45) is 0.986. The maximum absolute atomic E-state index is 12.5. The Morgan fingerprint density at radius 2 is 1.96 bits per heavy atom. The predicted octanol–water partition coefficient (Wildman–Crippen LogP) is 3.36. The molecule has 0 radical (unpaired) electrons. The predicted molar refractivity (Wildman–Crippen MR) is 103 cm³/mol. The van der Waals surface area contributed by atoms with Crippen LogP contribution in [0.15, 0.2) is 24.3 Å². The minimum Gasteiger partial charge on any atom is -0.370 e. The number of amides is 1. The van der Waals surface area contributed by atoms with Gasteiger partial charge in [0.2, 0.25) is 0 Å². The van der Waals surface area contributed by atoms with Gasteiger partial charge in [0, 0.05) is 23.3 Å². The minimum atomic E-state index is -0.290. The molecule has 7 heteroatoms. The summed E-state index contributed by atoms with van der Waals surface area (Å²) in [5.41, 5.74) is 1.92. The summed E-state index contributed by atoms with van der Waals surface area (Å²) < 4.78 is 0. The largest absolute Gasteiger partial charge is 0.370 e. The van der Waals surface area contributed by atoms with E-state index in [1.54, 1.807) is 19.1 Å². The van der Waals surface area contributed by atoms with Gasteiger partial charge in [-0.25, -0.2) is 9.97 Å². The summed E-state index contributed by atoms with van der Waals surface area (Å²) in [6, 6.07) is 7.06. The Bertz CT molecular complexity index is 748. The molecule has 0 bridgehead atoms. The topological polar surface area (TPSA) is 70.2 Å². The number of nitrogens with zero attached hydrogens (tertiary/aromatic N) is 3. The van der Waals surface area contributed by atoms with Crippen LogP contribution in [0.1, 0.15) is 28.3 Å². The molecule has 0 saturated carbocycles. The molecule has 1 aromatic carbocycles. The van der Waals surface area contributed by atoms with Gasteiger partial charge in [0.1, 0.15) is 17.3 Å². The smallest absolute Gasteiger partial charge is 0.274 e. The Labute approximate surface area is 153 Å². The molecule has 25 heavy (non-hydrogen) atoms. The van der Waals surface area contributed by atoms with Crippen LogP contribution in [0.4, 0.5) is 11.5 Å². The maximum atomic E-state index is 12.5. The first-order valence-corrected chi connectivity index (χ1v) is 8.55. The Morgan fingerprint density at radius 3 is 2.64 bits per heavy atom. The van der Waals surface area contributed by atoms with E-state index in [-0.39, 0.29) is 5.91 Å². The highest BCUT2D eigenvalue weighted by Crippen LogP contribution is 2.20. The lowest BCUT2D eigenvalue weighted by molar-refractivity contribution is 0.102. The van der Waals surface area contributed by atoms with Crippen LogP contribution < -0.4 is 10.6 Å². The molecule has 0 fully saturated rings. The van der Waals surface area contributed by atoms with E-state index in [0.29, 0.717) is 28.0 Å². The lowest BCUT2D eigenvalue weighted by Gasteiger charge is -2.11. The zero-order valence-electron chi connectivity index (χ0n) is 15.1. The Kier molecular flexibility index (Phi) is 6.73. The van der Waals surface area contributed by atoms with Crippen molar-refractivity contribution >= 4 is 29.0 Å². The summed E-state index contributed by atoms with van der Waals surface area (Å²) in [7, 11) is 4.07. The van der Waals surface area contributed by atoms with Crippen molar-refractivity contribution in [1.82, 2.24) is 14.9 Å². The molecule has 1 amide bonds. The number of aryl methyl sites for hydroxylation is 2. The molecule has 2 N–H and O–H groups in total. The second-order valence-electron chi connectivity index (χ2n) is 6.19. The molecule has 2 aromatic rings. The lowest BCUT2D eigenvalue weighted by Crippen LogP contribution is -2.18. The number of hydrogen-bond donors (Lipinski definition) is 2. The Morgan fingerprint density at radius 1 is 1.20 bits per heavy atom. The van der Waals surface area contributed by atoms with Crippen molar-refractivity contribution in [3.05, 3.63) is 46.4 Å². The van der Waals surface area contributed by atoms with Crippen LogP contribution in [0, 0.1) is 13.8 Å². The van der Waals surface area contributed by atoms with Gasteiger partial charge >= 0.3 is 0 Å². The van der Waals surface area contributed by atoms with Crippen LogP contribution >= 0.6 is 11.6 Å². The Hall–Kier alpha value is -2.18. The molecule has 0 aliphatic heterocycles. The number of benzene rings is 1. The van der Waals surface area contributed by atoms with Gasteiger partial charge < -0.3 is 15.5 Å². The van der Waals surface area contributed by atoms with Crippen molar-refractivity contribution in [3.63, 3.8) is 0 Å². The van der Waals surface area contributed by atoms with Gasteiger partial charge in [-0.2, -0.15) is 0 Å². The van der Waals surface area contributed by atoms with Crippen LogP contribution in [0.25, 0.3) is 0 Å². The maximum Gasteiger partial charge on any atom is 0.274 e. The number of nitrogens with one attached hydrogen (secondary N) is 2. The van der Waals surface area contributed by atoms with Crippen LogP contribution in [0.5, 0.6) is 0 Å². The average Bonchev–Trinajstić information content (AvgIpc) is 2.54. The first kappa shape index (κ1) is 19.1. The molecule has 0 aliphatic carbocycles. The number of hydrogen-bond acceptors (Lipinski definition) is 5. The van der Waals surface area contributed by atoms with Crippen LogP contribution in [-0.2, 0) is 0 Å².